The highest BCUT2D eigenvalue weighted by Crippen LogP contribution is 2.39. The molecule has 0 saturated carbocycles. The van der Waals surface area contributed by atoms with E-state index in [-0.39, 0.29) is 59.9 Å². The second-order valence-electron chi connectivity index (χ2n) is 15.5. The van der Waals surface area contributed by atoms with Gasteiger partial charge in [0.25, 0.3) is 0 Å². The van der Waals surface area contributed by atoms with E-state index in [1.165, 1.54) is 6.92 Å². The number of carbonyl (C=O) groups is 2. The molecule has 0 aromatic carbocycles. The van der Waals surface area contributed by atoms with Gasteiger partial charge >= 0.3 is 11.9 Å². The summed E-state index contributed by atoms with van der Waals surface area (Å²) < 4.78 is 29.8. The van der Waals surface area contributed by atoms with Crippen LogP contribution in [-0.4, -0.2) is 85.9 Å². The minimum Gasteiger partial charge on any atom is -0.457 e. The molecular formula is C37H64O9Si. The number of hydrogen-bond acceptors (Lipinski definition) is 9. The molecule has 2 N–H and O–H groups in total. The van der Waals surface area contributed by atoms with Crippen molar-refractivity contribution in [1.29, 1.82) is 0 Å². The van der Waals surface area contributed by atoms with Crippen molar-refractivity contribution in [3.63, 3.8) is 0 Å². The second-order valence-corrected chi connectivity index (χ2v) is 20.3. The molecule has 2 aliphatic rings. The van der Waals surface area contributed by atoms with Crippen LogP contribution in [0, 0.1) is 17.8 Å². The molecule has 0 spiro atoms. The molecule has 0 aliphatic carbocycles. The third-order valence-electron chi connectivity index (χ3n) is 10.3. The first-order valence-corrected chi connectivity index (χ1v) is 20.2. The van der Waals surface area contributed by atoms with Crippen LogP contribution in [0.5, 0.6) is 0 Å². The lowest BCUT2D eigenvalue weighted by molar-refractivity contribution is -0.157. The molecular weight excluding hydrogens is 616 g/mol. The highest BCUT2D eigenvalue weighted by molar-refractivity contribution is 6.74. The Morgan fingerprint density at radius 3 is 2.38 bits per heavy atom. The van der Waals surface area contributed by atoms with Crippen LogP contribution < -0.4 is 0 Å². The molecule has 2 aliphatic heterocycles. The van der Waals surface area contributed by atoms with Gasteiger partial charge in [-0.05, 0) is 62.9 Å². The maximum Gasteiger partial charge on any atom is 0.308 e. The third kappa shape index (κ3) is 11.9. The fraction of sp³-hybridized carbons (Fsp3) is 0.784. The molecule has 47 heavy (non-hydrogen) atoms. The van der Waals surface area contributed by atoms with Crippen molar-refractivity contribution in [1.82, 2.24) is 0 Å². The Balaban J connectivity index is 2.31. The molecule has 270 valence electrons. The van der Waals surface area contributed by atoms with E-state index in [0.717, 1.165) is 12.0 Å². The first kappa shape index (κ1) is 41.3. The molecule has 2 heterocycles. The summed E-state index contributed by atoms with van der Waals surface area (Å²) in [5, 5.41) is 22.4. The van der Waals surface area contributed by atoms with Gasteiger partial charge in [-0.1, -0.05) is 72.8 Å². The molecule has 0 amide bonds. The molecule has 0 aromatic rings. The van der Waals surface area contributed by atoms with Gasteiger partial charge in [0.15, 0.2) is 8.32 Å². The number of rotatable bonds is 12. The van der Waals surface area contributed by atoms with Crippen molar-refractivity contribution >= 4 is 20.3 Å². The zero-order valence-corrected chi connectivity index (χ0v) is 32.2. The van der Waals surface area contributed by atoms with E-state index in [0.29, 0.717) is 6.42 Å². The highest BCUT2D eigenvalue weighted by Gasteiger charge is 2.50. The Kier molecular flexibility index (Phi) is 15.1. The highest BCUT2D eigenvalue weighted by atomic mass is 28.4. The first-order valence-electron chi connectivity index (χ1n) is 17.3. The van der Waals surface area contributed by atoms with E-state index in [1.807, 2.05) is 45.1 Å². The summed E-state index contributed by atoms with van der Waals surface area (Å²) in [6, 6.07) is 0. The van der Waals surface area contributed by atoms with Gasteiger partial charge < -0.3 is 33.6 Å². The van der Waals surface area contributed by atoms with Crippen molar-refractivity contribution < 1.29 is 43.2 Å². The van der Waals surface area contributed by atoms with E-state index in [9.17, 15) is 19.8 Å². The van der Waals surface area contributed by atoms with Crippen molar-refractivity contribution in [3.05, 3.63) is 36.0 Å². The predicted octanol–water partition coefficient (Wildman–Crippen LogP) is 6.68. The van der Waals surface area contributed by atoms with Gasteiger partial charge in [0, 0.05) is 31.8 Å². The Bertz CT molecular complexity index is 1120. The number of aliphatic hydroxyl groups excluding tert-OH is 1. The molecule has 0 aromatic heterocycles. The monoisotopic (exact) mass is 680 g/mol. The van der Waals surface area contributed by atoms with Crippen LogP contribution in [0.25, 0.3) is 0 Å². The van der Waals surface area contributed by atoms with Gasteiger partial charge in [0.05, 0.1) is 30.8 Å². The van der Waals surface area contributed by atoms with Gasteiger partial charge in [0.1, 0.15) is 23.9 Å². The number of carbonyl (C=O) groups excluding carboxylic acids is 2. The summed E-state index contributed by atoms with van der Waals surface area (Å²) in [4.78, 5) is 25.5. The van der Waals surface area contributed by atoms with Crippen LogP contribution in [0.3, 0.4) is 0 Å². The quantitative estimate of drug-likeness (QED) is 0.0764. The third-order valence-corrected chi connectivity index (χ3v) is 14.9. The van der Waals surface area contributed by atoms with Gasteiger partial charge in [-0.3, -0.25) is 9.59 Å². The topological polar surface area (TPSA) is 124 Å². The Morgan fingerprint density at radius 2 is 1.83 bits per heavy atom. The van der Waals surface area contributed by atoms with Crippen LogP contribution in [0.4, 0.5) is 0 Å². The van der Waals surface area contributed by atoms with Gasteiger partial charge in [-0.15, -0.1) is 0 Å². The zero-order chi connectivity index (χ0) is 35.9. The van der Waals surface area contributed by atoms with Crippen molar-refractivity contribution in [2.45, 2.75) is 161 Å². The van der Waals surface area contributed by atoms with Crippen LogP contribution in [-0.2, 0) is 33.0 Å². The molecule has 10 heteroatoms. The Hall–Kier alpha value is -1.82. The summed E-state index contributed by atoms with van der Waals surface area (Å²) in [7, 11) is -0.555. The molecule has 3 unspecified atom stereocenters. The summed E-state index contributed by atoms with van der Waals surface area (Å²) in [6.45, 7) is 23.6. The summed E-state index contributed by atoms with van der Waals surface area (Å²) >= 11 is 0. The first-order chi connectivity index (χ1) is 21.6. The lowest BCUT2D eigenvalue weighted by atomic mass is 9.88. The van der Waals surface area contributed by atoms with Gasteiger partial charge in [-0.2, -0.15) is 0 Å². The number of allylic oxidation sites excluding steroid dienone is 2. The van der Waals surface area contributed by atoms with Gasteiger partial charge in [0.2, 0.25) is 0 Å². The average Bonchev–Trinajstić information content (AvgIpc) is 3.76. The van der Waals surface area contributed by atoms with Crippen LogP contribution >= 0.6 is 0 Å². The van der Waals surface area contributed by atoms with Gasteiger partial charge in [-0.25, -0.2) is 0 Å². The number of aliphatic hydroxyl groups is 2. The van der Waals surface area contributed by atoms with E-state index in [2.05, 4.69) is 47.7 Å². The molecule has 2 rings (SSSR count). The molecule has 9 nitrogen and oxygen atoms in total. The minimum absolute atomic E-state index is 0.0349. The Morgan fingerprint density at radius 1 is 1.19 bits per heavy atom. The fourth-order valence-electron chi connectivity index (χ4n) is 6.00. The van der Waals surface area contributed by atoms with Crippen molar-refractivity contribution in [2.24, 2.45) is 17.8 Å². The van der Waals surface area contributed by atoms with E-state index in [4.69, 9.17) is 23.4 Å². The summed E-state index contributed by atoms with van der Waals surface area (Å²) in [5.74, 6) is -1.14. The van der Waals surface area contributed by atoms with E-state index < -0.39 is 44.3 Å². The average molecular weight is 681 g/mol. The summed E-state index contributed by atoms with van der Waals surface area (Å²) in [5.41, 5.74) is -0.563. The Labute approximate surface area is 285 Å². The van der Waals surface area contributed by atoms with Crippen LogP contribution in [0.15, 0.2) is 36.0 Å². The number of ether oxygens (including phenoxy) is 4. The maximum absolute atomic E-state index is 13.5. The predicted molar refractivity (Wildman–Crippen MR) is 187 cm³/mol. The lowest BCUT2D eigenvalue weighted by Crippen LogP contribution is -2.46. The minimum atomic E-state index is -2.26. The number of epoxide rings is 1. The molecule has 1 saturated heterocycles. The number of cyclic esters (lactones) is 1. The van der Waals surface area contributed by atoms with Crippen LogP contribution in [0.1, 0.15) is 94.9 Å². The smallest absolute Gasteiger partial charge is 0.308 e. The maximum atomic E-state index is 13.5. The molecule has 1 fully saturated rings. The van der Waals surface area contributed by atoms with E-state index >= 15 is 0 Å². The summed E-state index contributed by atoms with van der Waals surface area (Å²) in [6.07, 6.45) is 8.01. The number of methoxy groups -OCH3 is 1. The normalized spacial score (nSPS) is 33.2. The number of hydrogen-bond donors (Lipinski definition) is 2. The molecule has 11 atom stereocenters. The SMILES string of the molecule is CC[C@H](OC)[C@@H](C)[C@H]1O[C@@H]1C(O)C(C)/C=C/C=C(\C)C1OC(=O)C[C@H](O[Si](C)(C)C(C)(C)C)CC[C@@](C)(O)[C@@H](OC(C)=O)/C=C/[C@@H]1C. The standard InChI is InChI=1S/C37H64O9Si/c1-14-29(42-11)26(5)34-35(45-34)32(40)23(2)16-15-17-24(3)33-25(4)18-19-30(43-27(6)38)37(10,41)21-20-28(22-31(39)44-33)46-47(12,13)36(7,8)9/h15-19,23,25-26,28-30,32-35,40-41H,14,20-22H2,1-13H3/b16-15+,19-18+,24-17+/t23?,25-,26+,28+,29-,30-,32?,33?,34+,35+,37+/m0/s1. The van der Waals surface area contributed by atoms with Crippen LogP contribution in [0.2, 0.25) is 18.1 Å². The van der Waals surface area contributed by atoms with Crippen molar-refractivity contribution in [2.75, 3.05) is 7.11 Å². The molecule has 0 bridgehead atoms. The zero-order valence-electron chi connectivity index (χ0n) is 31.2. The largest absolute Gasteiger partial charge is 0.457 e. The van der Waals surface area contributed by atoms with Crippen molar-refractivity contribution in [3.8, 4) is 0 Å². The van der Waals surface area contributed by atoms with E-state index in [1.54, 1.807) is 20.1 Å². The fourth-order valence-corrected chi connectivity index (χ4v) is 7.39. The lowest BCUT2D eigenvalue weighted by Gasteiger charge is -2.40. The number of esters is 2. The second kappa shape index (κ2) is 17.2. The molecule has 0 radical (unpaired) electrons.